The average molecular weight is 318 g/mol. The molecule has 0 spiro atoms. The molecule has 8 heteroatoms. The summed E-state index contributed by atoms with van der Waals surface area (Å²) in [5.41, 5.74) is 0.842. The van der Waals surface area contributed by atoms with Gasteiger partial charge >= 0.3 is 6.09 Å². The Labute approximate surface area is 128 Å². The predicted molar refractivity (Wildman–Crippen MR) is 79.9 cm³/mol. The number of anilines is 1. The van der Waals surface area contributed by atoms with E-state index in [1.54, 1.807) is 12.1 Å². The van der Waals surface area contributed by atoms with Crippen molar-refractivity contribution in [2.45, 2.75) is 0 Å². The van der Waals surface area contributed by atoms with E-state index in [-0.39, 0.29) is 16.4 Å². The number of halogens is 1. The minimum absolute atomic E-state index is 0.0817. The second kappa shape index (κ2) is 5.45. The third-order valence-corrected chi connectivity index (χ3v) is 3.22. The van der Waals surface area contributed by atoms with Crippen molar-refractivity contribution in [3.05, 3.63) is 52.9 Å². The average Bonchev–Trinajstić information content (AvgIpc) is 3.08. The monoisotopic (exact) mass is 317 g/mol. The smallest absolute Gasteiger partial charge is 0.409 e. The van der Waals surface area contributed by atoms with Crippen LogP contribution in [0, 0.1) is 0 Å². The first kappa shape index (κ1) is 14.0. The molecule has 0 radical (unpaired) electrons. The zero-order valence-electron chi connectivity index (χ0n) is 10.9. The molecule has 0 atom stereocenters. The molecule has 2 aromatic rings. The third kappa shape index (κ3) is 2.49. The van der Waals surface area contributed by atoms with Crippen molar-refractivity contribution in [3.8, 4) is 0 Å². The van der Waals surface area contributed by atoms with Gasteiger partial charge in [-0.25, -0.2) is 4.79 Å². The summed E-state index contributed by atoms with van der Waals surface area (Å²) in [6, 6.07) is 7.63. The number of nitrogens with zero attached hydrogens (tertiary/aromatic N) is 2. The molecule has 7 nitrogen and oxygen atoms in total. The summed E-state index contributed by atoms with van der Waals surface area (Å²) in [5, 5.41) is 18.7. The van der Waals surface area contributed by atoms with E-state index in [9.17, 15) is 9.59 Å². The van der Waals surface area contributed by atoms with Crippen LogP contribution >= 0.6 is 11.6 Å². The van der Waals surface area contributed by atoms with Crippen molar-refractivity contribution in [1.29, 1.82) is 0 Å². The molecule has 0 saturated carbocycles. The van der Waals surface area contributed by atoms with Crippen LogP contribution in [0.4, 0.5) is 10.5 Å². The first-order chi connectivity index (χ1) is 10.6. The van der Waals surface area contributed by atoms with E-state index in [0.29, 0.717) is 17.0 Å². The molecule has 1 aliphatic heterocycles. The van der Waals surface area contributed by atoms with Crippen LogP contribution in [0.3, 0.4) is 0 Å². The number of carbonyl (C=O) groups is 2. The number of nitrogens with one attached hydrogen (secondary N) is 1. The first-order valence-corrected chi connectivity index (χ1v) is 6.48. The maximum absolute atomic E-state index is 12.3. The molecule has 0 bridgehead atoms. The molecule has 0 unspecified atom stereocenters. The highest BCUT2D eigenvalue weighted by Gasteiger charge is 2.29. The number of benzene rings is 1. The standard InChI is InChI=1S/C14H8ClN3O4/c15-9-6-7(16-14(20)21)3-4-8(9)11-13(19)12(18-17-11)10-2-1-5-22-10/h1-6,16H,(H,20,21). The molecular formula is C14H8ClN3O4. The first-order valence-electron chi connectivity index (χ1n) is 6.10. The van der Waals surface area contributed by atoms with Gasteiger partial charge in [-0.05, 0) is 30.3 Å². The van der Waals surface area contributed by atoms with Crippen LogP contribution in [0.25, 0.3) is 0 Å². The Morgan fingerprint density at radius 2 is 2.00 bits per heavy atom. The van der Waals surface area contributed by atoms with Gasteiger partial charge in [-0.2, -0.15) is 0 Å². The highest BCUT2D eigenvalue weighted by Crippen LogP contribution is 2.24. The predicted octanol–water partition coefficient (Wildman–Crippen LogP) is 2.80. The molecule has 1 aromatic carbocycles. The van der Waals surface area contributed by atoms with E-state index in [0.717, 1.165) is 0 Å². The van der Waals surface area contributed by atoms with Gasteiger partial charge in [0.15, 0.2) is 11.5 Å². The van der Waals surface area contributed by atoms with Gasteiger partial charge in [-0.15, -0.1) is 10.2 Å². The van der Waals surface area contributed by atoms with Crippen LogP contribution in [0.1, 0.15) is 11.3 Å². The van der Waals surface area contributed by atoms with Gasteiger partial charge in [-0.1, -0.05) is 11.6 Å². The van der Waals surface area contributed by atoms with Crippen molar-refractivity contribution in [2.24, 2.45) is 10.2 Å². The zero-order valence-corrected chi connectivity index (χ0v) is 11.7. The minimum Gasteiger partial charge on any atom is -0.465 e. The molecular weight excluding hydrogens is 310 g/mol. The van der Waals surface area contributed by atoms with E-state index in [1.165, 1.54) is 24.5 Å². The van der Waals surface area contributed by atoms with E-state index in [1.807, 2.05) is 0 Å². The zero-order chi connectivity index (χ0) is 15.7. The van der Waals surface area contributed by atoms with Crippen LogP contribution in [0.5, 0.6) is 0 Å². The fraction of sp³-hybridized carbons (Fsp3) is 0. The summed E-state index contributed by atoms with van der Waals surface area (Å²) < 4.78 is 5.13. The molecule has 0 fully saturated rings. The molecule has 1 aromatic heterocycles. The van der Waals surface area contributed by atoms with Gasteiger partial charge < -0.3 is 9.52 Å². The lowest BCUT2D eigenvalue weighted by molar-refractivity contribution is -0.107. The normalized spacial score (nSPS) is 13.8. The topological polar surface area (TPSA) is 104 Å². The summed E-state index contributed by atoms with van der Waals surface area (Å²) >= 11 is 6.09. The van der Waals surface area contributed by atoms with Crippen LogP contribution in [-0.2, 0) is 4.79 Å². The Kier molecular flexibility index (Phi) is 3.48. The summed E-state index contributed by atoms with van der Waals surface area (Å²) in [7, 11) is 0. The van der Waals surface area contributed by atoms with Gasteiger partial charge in [0.2, 0.25) is 5.78 Å². The number of Topliss-reactive ketones (excluding diaryl/α,β-unsaturated/α-hetero) is 1. The minimum atomic E-state index is -1.21. The third-order valence-electron chi connectivity index (χ3n) is 2.91. The van der Waals surface area contributed by atoms with Crippen LogP contribution in [0.15, 0.2) is 51.2 Å². The number of hydrogen-bond acceptors (Lipinski definition) is 5. The Morgan fingerprint density at radius 1 is 1.23 bits per heavy atom. The Bertz CT molecular complexity index is 825. The maximum Gasteiger partial charge on any atom is 0.409 e. The number of furan rings is 1. The van der Waals surface area contributed by atoms with Crippen molar-refractivity contribution in [1.82, 2.24) is 0 Å². The second-order valence-corrected chi connectivity index (χ2v) is 4.74. The van der Waals surface area contributed by atoms with Crippen LogP contribution in [-0.4, -0.2) is 28.4 Å². The van der Waals surface area contributed by atoms with Crippen molar-refractivity contribution in [2.75, 3.05) is 5.32 Å². The van der Waals surface area contributed by atoms with Gasteiger partial charge in [0, 0.05) is 11.3 Å². The molecule has 0 saturated heterocycles. The molecule has 2 N–H and O–H groups in total. The molecule has 1 aliphatic rings. The number of carbonyl (C=O) groups excluding carboxylic acids is 1. The number of rotatable bonds is 3. The van der Waals surface area contributed by atoms with Crippen LogP contribution < -0.4 is 5.32 Å². The van der Waals surface area contributed by atoms with E-state index in [4.69, 9.17) is 21.1 Å². The molecule has 2 heterocycles. The van der Waals surface area contributed by atoms with E-state index < -0.39 is 11.9 Å². The van der Waals surface area contributed by atoms with E-state index in [2.05, 4.69) is 15.5 Å². The maximum atomic E-state index is 12.3. The van der Waals surface area contributed by atoms with Crippen LogP contribution in [0.2, 0.25) is 5.02 Å². The second-order valence-electron chi connectivity index (χ2n) is 4.33. The van der Waals surface area contributed by atoms with Crippen molar-refractivity contribution >= 4 is 40.6 Å². The summed E-state index contributed by atoms with van der Waals surface area (Å²) in [6.07, 6.45) is 0.226. The number of carboxylic acid groups (broad SMARTS) is 1. The fourth-order valence-electron chi connectivity index (χ4n) is 1.96. The lowest BCUT2D eigenvalue weighted by Crippen LogP contribution is -2.21. The van der Waals surface area contributed by atoms with Crippen molar-refractivity contribution < 1.29 is 19.1 Å². The number of amides is 1. The lowest BCUT2D eigenvalue weighted by atomic mass is 10.0. The van der Waals surface area contributed by atoms with Gasteiger partial charge in [0.05, 0.1) is 11.3 Å². The molecule has 1 amide bonds. The Hall–Kier alpha value is -2.93. The number of ketones is 1. The summed E-state index contributed by atoms with van der Waals surface area (Å²) in [5.74, 6) is -0.0835. The quantitative estimate of drug-likeness (QED) is 0.908. The Morgan fingerprint density at radius 3 is 2.64 bits per heavy atom. The largest absolute Gasteiger partial charge is 0.465 e. The fourth-order valence-corrected chi connectivity index (χ4v) is 2.23. The van der Waals surface area contributed by atoms with Gasteiger partial charge in [0.25, 0.3) is 0 Å². The lowest BCUT2D eigenvalue weighted by Gasteiger charge is -2.06. The van der Waals surface area contributed by atoms with Crippen molar-refractivity contribution in [3.63, 3.8) is 0 Å². The molecule has 110 valence electrons. The Balaban J connectivity index is 1.88. The molecule has 3 rings (SSSR count). The van der Waals surface area contributed by atoms with Gasteiger partial charge in [-0.3, -0.25) is 10.1 Å². The summed E-state index contributed by atoms with van der Waals surface area (Å²) in [6.45, 7) is 0. The molecule has 22 heavy (non-hydrogen) atoms. The van der Waals surface area contributed by atoms with Gasteiger partial charge in [0.1, 0.15) is 5.71 Å². The summed E-state index contributed by atoms with van der Waals surface area (Å²) in [4.78, 5) is 22.9. The number of hydrogen-bond donors (Lipinski definition) is 2. The highest BCUT2D eigenvalue weighted by molar-refractivity contribution is 6.74. The molecule has 0 aliphatic carbocycles. The highest BCUT2D eigenvalue weighted by atomic mass is 35.5. The SMILES string of the molecule is O=C(O)Nc1ccc(C2=NN=C(c3ccco3)C2=O)c(Cl)c1. The van der Waals surface area contributed by atoms with E-state index >= 15 is 0 Å².